The summed E-state index contributed by atoms with van der Waals surface area (Å²) in [6, 6.07) is 1.71. The fourth-order valence-electron chi connectivity index (χ4n) is 1.31. The Morgan fingerprint density at radius 3 is 3.06 bits per heavy atom. The highest BCUT2D eigenvalue weighted by Crippen LogP contribution is 2.27. The van der Waals surface area contributed by atoms with Crippen LogP contribution in [0, 0.1) is 5.92 Å². The van der Waals surface area contributed by atoms with Crippen molar-refractivity contribution in [3.05, 3.63) is 17.0 Å². The zero-order valence-corrected chi connectivity index (χ0v) is 10.5. The molecular formula is C9H9BrN4O3. The van der Waals surface area contributed by atoms with Crippen LogP contribution in [0.25, 0.3) is 11.4 Å². The molecule has 2 aromatic heterocycles. The van der Waals surface area contributed by atoms with Crippen molar-refractivity contribution in [2.24, 2.45) is 5.92 Å². The summed E-state index contributed by atoms with van der Waals surface area (Å²) in [7, 11) is 0. The van der Waals surface area contributed by atoms with E-state index in [0.717, 1.165) is 0 Å². The summed E-state index contributed by atoms with van der Waals surface area (Å²) in [5.41, 5.74) is 0.688. The molecule has 0 fully saturated rings. The van der Waals surface area contributed by atoms with Gasteiger partial charge in [0, 0.05) is 0 Å². The molecule has 2 heterocycles. The summed E-state index contributed by atoms with van der Waals surface area (Å²) in [6.07, 6.45) is 1.50. The number of hydrogen-bond donors (Lipinski definition) is 1. The van der Waals surface area contributed by atoms with Gasteiger partial charge in [0.05, 0.1) is 24.3 Å². The topological polar surface area (TPSA) is 94.0 Å². The highest BCUT2D eigenvalue weighted by Gasteiger charge is 2.18. The number of halogens is 1. The maximum Gasteiger partial charge on any atom is 0.308 e. The van der Waals surface area contributed by atoms with Gasteiger partial charge in [-0.25, -0.2) is 4.68 Å². The van der Waals surface area contributed by atoms with E-state index in [1.165, 1.54) is 10.9 Å². The first kappa shape index (κ1) is 11.8. The molecule has 1 atom stereocenters. The molecular weight excluding hydrogens is 292 g/mol. The third kappa shape index (κ3) is 2.36. The number of rotatable bonds is 4. The fourth-order valence-corrected chi connectivity index (χ4v) is 1.73. The fraction of sp³-hybridized carbons (Fsp3) is 0.333. The second-order valence-electron chi connectivity index (χ2n) is 3.53. The molecule has 0 aliphatic rings. The minimum Gasteiger partial charge on any atom is -0.481 e. The normalized spacial score (nSPS) is 12.6. The van der Waals surface area contributed by atoms with E-state index in [2.05, 4.69) is 31.5 Å². The largest absolute Gasteiger partial charge is 0.481 e. The van der Waals surface area contributed by atoms with Gasteiger partial charge in [-0.15, -0.1) is 5.10 Å². The van der Waals surface area contributed by atoms with Crippen molar-refractivity contribution in [1.82, 2.24) is 20.2 Å². The number of carboxylic acids is 1. The lowest BCUT2D eigenvalue weighted by atomic mass is 10.2. The van der Waals surface area contributed by atoms with Gasteiger partial charge >= 0.3 is 5.97 Å². The highest BCUT2D eigenvalue weighted by atomic mass is 79.9. The molecule has 0 radical (unpaired) electrons. The Morgan fingerprint density at radius 2 is 2.47 bits per heavy atom. The van der Waals surface area contributed by atoms with Crippen LogP contribution in [-0.2, 0) is 11.3 Å². The molecule has 8 heteroatoms. The first-order chi connectivity index (χ1) is 8.09. The van der Waals surface area contributed by atoms with Crippen LogP contribution in [0.2, 0.25) is 0 Å². The molecule has 17 heavy (non-hydrogen) atoms. The molecule has 0 spiro atoms. The lowest BCUT2D eigenvalue weighted by Crippen LogP contribution is -2.18. The van der Waals surface area contributed by atoms with Gasteiger partial charge in [0.25, 0.3) is 0 Å². The van der Waals surface area contributed by atoms with Gasteiger partial charge in [-0.3, -0.25) is 4.79 Å². The smallest absolute Gasteiger partial charge is 0.308 e. The Balaban J connectivity index is 2.29. The average molecular weight is 301 g/mol. The van der Waals surface area contributed by atoms with Crippen LogP contribution in [0.1, 0.15) is 6.92 Å². The first-order valence-corrected chi connectivity index (χ1v) is 5.61. The molecule has 2 rings (SSSR count). The lowest BCUT2D eigenvalue weighted by Gasteiger charge is -2.06. The van der Waals surface area contributed by atoms with E-state index in [4.69, 9.17) is 9.52 Å². The van der Waals surface area contributed by atoms with Gasteiger partial charge in [0.2, 0.25) is 0 Å². The molecule has 0 saturated carbocycles. The maximum absolute atomic E-state index is 10.8. The van der Waals surface area contributed by atoms with Crippen molar-refractivity contribution >= 4 is 21.9 Å². The van der Waals surface area contributed by atoms with Gasteiger partial charge in [-0.1, -0.05) is 6.92 Å². The molecule has 7 nitrogen and oxygen atoms in total. The van der Waals surface area contributed by atoms with Crippen molar-refractivity contribution in [3.8, 4) is 11.4 Å². The average Bonchev–Trinajstić information content (AvgIpc) is 2.86. The molecule has 0 saturated heterocycles. The van der Waals surface area contributed by atoms with E-state index >= 15 is 0 Å². The Bertz CT molecular complexity index is 536. The van der Waals surface area contributed by atoms with E-state index < -0.39 is 11.9 Å². The lowest BCUT2D eigenvalue weighted by molar-refractivity contribution is -0.141. The Hall–Kier alpha value is -1.70. The van der Waals surface area contributed by atoms with Crippen LogP contribution >= 0.6 is 15.9 Å². The van der Waals surface area contributed by atoms with Gasteiger partial charge in [-0.2, -0.15) is 0 Å². The summed E-state index contributed by atoms with van der Waals surface area (Å²) in [5.74, 6) is -0.987. The van der Waals surface area contributed by atoms with Crippen LogP contribution < -0.4 is 0 Å². The number of hydrogen-bond acceptors (Lipinski definition) is 5. The standard InChI is InChI=1S/C9H9BrN4O3/c1-5(9(15)16)4-14-8(11-12-13-14)6-2-3-17-7(6)10/h2-3,5H,4H2,1H3,(H,15,16). The summed E-state index contributed by atoms with van der Waals surface area (Å²) >= 11 is 3.23. The molecule has 0 amide bonds. The molecule has 0 aliphatic heterocycles. The van der Waals surface area contributed by atoms with Gasteiger partial charge in [0.1, 0.15) is 0 Å². The van der Waals surface area contributed by atoms with Crippen LogP contribution in [0.4, 0.5) is 0 Å². The number of furan rings is 1. The Morgan fingerprint density at radius 1 is 1.71 bits per heavy atom. The van der Waals surface area contributed by atoms with E-state index in [0.29, 0.717) is 16.1 Å². The van der Waals surface area contributed by atoms with Gasteiger partial charge < -0.3 is 9.52 Å². The van der Waals surface area contributed by atoms with E-state index in [1.807, 2.05) is 0 Å². The van der Waals surface area contributed by atoms with Gasteiger partial charge in [-0.05, 0) is 32.4 Å². The van der Waals surface area contributed by atoms with Crippen LogP contribution in [-0.4, -0.2) is 31.3 Å². The first-order valence-electron chi connectivity index (χ1n) is 4.82. The molecule has 2 aromatic rings. The molecule has 0 aliphatic carbocycles. The van der Waals surface area contributed by atoms with E-state index in [-0.39, 0.29) is 6.54 Å². The van der Waals surface area contributed by atoms with Crippen molar-refractivity contribution < 1.29 is 14.3 Å². The SMILES string of the molecule is CC(Cn1nnnc1-c1ccoc1Br)C(=O)O. The second kappa shape index (κ2) is 4.66. The Labute approximate surface area is 105 Å². The quantitative estimate of drug-likeness (QED) is 0.917. The Kier molecular flexibility index (Phi) is 3.23. The predicted molar refractivity (Wildman–Crippen MR) is 60.0 cm³/mol. The summed E-state index contributed by atoms with van der Waals surface area (Å²) < 4.78 is 7.04. The number of aliphatic carboxylic acids is 1. The molecule has 90 valence electrons. The maximum atomic E-state index is 10.8. The van der Waals surface area contributed by atoms with Crippen molar-refractivity contribution in [2.75, 3.05) is 0 Å². The summed E-state index contributed by atoms with van der Waals surface area (Å²) in [5, 5.41) is 20.0. The number of carboxylic acid groups (broad SMARTS) is 1. The van der Waals surface area contributed by atoms with Crippen molar-refractivity contribution in [1.29, 1.82) is 0 Å². The zero-order valence-electron chi connectivity index (χ0n) is 8.87. The van der Waals surface area contributed by atoms with Crippen LogP contribution in [0.15, 0.2) is 21.4 Å². The molecule has 0 bridgehead atoms. The molecule has 0 aromatic carbocycles. The monoisotopic (exact) mass is 300 g/mol. The van der Waals surface area contributed by atoms with Crippen LogP contribution in [0.3, 0.4) is 0 Å². The summed E-state index contributed by atoms with van der Waals surface area (Å²) in [6.45, 7) is 1.80. The van der Waals surface area contributed by atoms with E-state index in [1.54, 1.807) is 13.0 Å². The number of nitrogens with zero attached hydrogens (tertiary/aromatic N) is 4. The zero-order chi connectivity index (χ0) is 12.4. The third-order valence-electron chi connectivity index (χ3n) is 2.26. The summed E-state index contributed by atoms with van der Waals surface area (Å²) in [4.78, 5) is 10.8. The minimum atomic E-state index is -0.891. The van der Waals surface area contributed by atoms with Crippen molar-refractivity contribution in [2.45, 2.75) is 13.5 Å². The number of aromatic nitrogens is 4. The molecule has 1 unspecified atom stereocenters. The highest BCUT2D eigenvalue weighted by molar-refractivity contribution is 9.10. The van der Waals surface area contributed by atoms with E-state index in [9.17, 15) is 4.79 Å². The number of tetrazole rings is 1. The second-order valence-corrected chi connectivity index (χ2v) is 4.25. The van der Waals surface area contributed by atoms with Gasteiger partial charge in [0.15, 0.2) is 10.5 Å². The number of carbonyl (C=O) groups is 1. The predicted octanol–water partition coefficient (Wildman–Crippen LogP) is 1.42. The minimum absolute atomic E-state index is 0.204. The molecule has 1 N–H and O–H groups in total. The van der Waals surface area contributed by atoms with Crippen molar-refractivity contribution in [3.63, 3.8) is 0 Å². The third-order valence-corrected chi connectivity index (χ3v) is 2.87. The van der Waals surface area contributed by atoms with Crippen LogP contribution in [0.5, 0.6) is 0 Å².